The second kappa shape index (κ2) is 2.65. The van der Waals surface area contributed by atoms with E-state index in [0.717, 1.165) is 5.56 Å². The van der Waals surface area contributed by atoms with Crippen molar-refractivity contribution in [2.75, 3.05) is 0 Å². The van der Waals surface area contributed by atoms with Gasteiger partial charge in [0.15, 0.2) is 0 Å². The van der Waals surface area contributed by atoms with E-state index in [0.29, 0.717) is 5.69 Å². The van der Waals surface area contributed by atoms with Gasteiger partial charge in [0.05, 0.1) is 30.6 Å². The van der Waals surface area contributed by atoms with Gasteiger partial charge in [-0.25, -0.2) is 0 Å². The zero-order valence-corrected chi connectivity index (χ0v) is 6.15. The summed E-state index contributed by atoms with van der Waals surface area (Å²) >= 11 is 0. The molecular formula is C8H6N2O2. The van der Waals surface area contributed by atoms with Crippen LogP contribution in [0.2, 0.25) is 0 Å². The summed E-state index contributed by atoms with van der Waals surface area (Å²) in [6.07, 6.45) is 5.89. The van der Waals surface area contributed by atoms with Gasteiger partial charge in [0.25, 0.3) is 5.56 Å². The second-order valence-electron chi connectivity index (χ2n) is 2.32. The van der Waals surface area contributed by atoms with Crippen LogP contribution in [0.1, 0.15) is 0 Å². The van der Waals surface area contributed by atoms with Crippen molar-refractivity contribution in [3.05, 3.63) is 41.3 Å². The van der Waals surface area contributed by atoms with E-state index in [4.69, 9.17) is 4.42 Å². The molecule has 0 radical (unpaired) electrons. The van der Waals surface area contributed by atoms with Crippen LogP contribution in [0.3, 0.4) is 0 Å². The maximum atomic E-state index is 10.8. The summed E-state index contributed by atoms with van der Waals surface area (Å²) in [5, 5.41) is 0. The molecule has 0 aliphatic heterocycles. The number of aromatic amines is 1. The van der Waals surface area contributed by atoms with Crippen molar-refractivity contribution in [1.29, 1.82) is 0 Å². The zero-order chi connectivity index (χ0) is 8.39. The lowest BCUT2D eigenvalue weighted by Crippen LogP contribution is -2.05. The Bertz CT molecular complexity index is 417. The normalized spacial score (nSPS) is 10.0. The lowest BCUT2D eigenvalue weighted by Gasteiger charge is -1.92. The first-order chi connectivity index (χ1) is 5.86. The van der Waals surface area contributed by atoms with Gasteiger partial charge in [0.2, 0.25) is 0 Å². The number of aromatic nitrogens is 2. The van der Waals surface area contributed by atoms with E-state index < -0.39 is 0 Å². The average molecular weight is 162 g/mol. The van der Waals surface area contributed by atoms with E-state index in [1.165, 1.54) is 6.20 Å². The molecule has 0 saturated carbocycles. The molecule has 0 saturated heterocycles. The summed E-state index contributed by atoms with van der Waals surface area (Å²) in [4.78, 5) is 17.2. The number of H-pyrrole nitrogens is 1. The first kappa shape index (κ1) is 6.84. The summed E-state index contributed by atoms with van der Waals surface area (Å²) in [6, 6.07) is 1.76. The molecule has 0 bridgehead atoms. The number of nitrogens with one attached hydrogen (secondary N) is 1. The van der Waals surface area contributed by atoms with Crippen LogP contribution in [0.15, 0.2) is 40.2 Å². The van der Waals surface area contributed by atoms with Gasteiger partial charge in [-0.05, 0) is 6.07 Å². The fraction of sp³-hybridized carbons (Fsp3) is 0. The number of hydrogen-bond acceptors (Lipinski definition) is 3. The van der Waals surface area contributed by atoms with Gasteiger partial charge >= 0.3 is 0 Å². The van der Waals surface area contributed by atoms with Crippen molar-refractivity contribution in [3.8, 4) is 11.3 Å². The fourth-order valence-electron chi connectivity index (χ4n) is 0.941. The van der Waals surface area contributed by atoms with Gasteiger partial charge in [0, 0.05) is 5.56 Å². The number of hydrogen-bond donors (Lipinski definition) is 1. The highest BCUT2D eigenvalue weighted by Gasteiger charge is 1.98. The van der Waals surface area contributed by atoms with E-state index in [-0.39, 0.29) is 5.56 Å². The van der Waals surface area contributed by atoms with Crippen molar-refractivity contribution in [2.24, 2.45) is 0 Å². The molecule has 2 rings (SSSR count). The van der Waals surface area contributed by atoms with E-state index in [1.54, 1.807) is 24.8 Å². The molecule has 0 aliphatic carbocycles. The molecule has 0 aliphatic rings. The highest BCUT2D eigenvalue weighted by Crippen LogP contribution is 2.13. The molecule has 0 atom stereocenters. The van der Waals surface area contributed by atoms with Crippen LogP contribution in [0.25, 0.3) is 11.3 Å². The van der Waals surface area contributed by atoms with E-state index >= 15 is 0 Å². The first-order valence-corrected chi connectivity index (χ1v) is 3.43. The molecule has 2 aromatic rings. The Balaban J connectivity index is 2.55. The zero-order valence-electron chi connectivity index (χ0n) is 6.15. The van der Waals surface area contributed by atoms with Crippen LogP contribution < -0.4 is 5.56 Å². The van der Waals surface area contributed by atoms with Crippen molar-refractivity contribution in [2.45, 2.75) is 0 Å². The van der Waals surface area contributed by atoms with Gasteiger partial charge in [-0.3, -0.25) is 9.78 Å². The third-order valence-corrected chi connectivity index (χ3v) is 1.49. The van der Waals surface area contributed by atoms with Crippen LogP contribution in [-0.4, -0.2) is 9.97 Å². The standard InChI is InChI=1S/C8H6N2O2/c11-8-4-9-3-7(10-8)6-1-2-12-5-6/h1-5H,(H,10,11). The largest absolute Gasteiger partial charge is 0.472 e. The Morgan fingerprint density at radius 1 is 1.42 bits per heavy atom. The molecule has 0 amide bonds. The summed E-state index contributed by atoms with van der Waals surface area (Å²) in [6.45, 7) is 0. The maximum absolute atomic E-state index is 10.8. The topological polar surface area (TPSA) is 58.9 Å². The minimum absolute atomic E-state index is 0.214. The predicted octanol–water partition coefficient (Wildman–Crippen LogP) is 1.03. The van der Waals surface area contributed by atoms with E-state index in [1.807, 2.05) is 0 Å². The van der Waals surface area contributed by atoms with Crippen molar-refractivity contribution < 1.29 is 4.42 Å². The van der Waals surface area contributed by atoms with Crippen LogP contribution in [-0.2, 0) is 0 Å². The molecule has 0 aromatic carbocycles. The van der Waals surface area contributed by atoms with Crippen LogP contribution in [0.5, 0.6) is 0 Å². The monoisotopic (exact) mass is 162 g/mol. The molecule has 1 N–H and O–H groups in total. The van der Waals surface area contributed by atoms with Gasteiger partial charge in [-0.1, -0.05) is 0 Å². The lowest BCUT2D eigenvalue weighted by atomic mass is 10.2. The average Bonchev–Trinajstić information content (AvgIpc) is 2.56. The Kier molecular flexibility index (Phi) is 1.51. The first-order valence-electron chi connectivity index (χ1n) is 3.43. The van der Waals surface area contributed by atoms with Crippen LogP contribution >= 0.6 is 0 Å². The van der Waals surface area contributed by atoms with E-state index in [2.05, 4.69) is 9.97 Å². The minimum atomic E-state index is -0.214. The van der Waals surface area contributed by atoms with Crippen LogP contribution in [0.4, 0.5) is 0 Å². The fourth-order valence-corrected chi connectivity index (χ4v) is 0.941. The van der Waals surface area contributed by atoms with Gasteiger partial charge in [-0.2, -0.15) is 0 Å². The summed E-state index contributed by atoms with van der Waals surface area (Å²) in [5.41, 5.74) is 1.27. The smallest absolute Gasteiger partial charge is 0.266 e. The van der Waals surface area contributed by atoms with Gasteiger partial charge in [-0.15, -0.1) is 0 Å². The second-order valence-corrected chi connectivity index (χ2v) is 2.32. The van der Waals surface area contributed by atoms with E-state index in [9.17, 15) is 4.79 Å². The SMILES string of the molecule is O=c1cncc(-c2ccoc2)[nH]1. The molecule has 60 valence electrons. The molecular weight excluding hydrogens is 156 g/mol. The highest BCUT2D eigenvalue weighted by atomic mass is 16.3. The number of furan rings is 1. The summed E-state index contributed by atoms with van der Waals surface area (Å²) in [5.74, 6) is 0. The highest BCUT2D eigenvalue weighted by molar-refractivity contribution is 5.55. The molecule has 0 fully saturated rings. The molecule has 4 heteroatoms. The molecule has 4 nitrogen and oxygen atoms in total. The Hall–Kier alpha value is -1.84. The van der Waals surface area contributed by atoms with Gasteiger partial charge in [0.1, 0.15) is 0 Å². The molecule has 12 heavy (non-hydrogen) atoms. The third kappa shape index (κ3) is 1.14. The Morgan fingerprint density at radius 2 is 2.33 bits per heavy atom. The third-order valence-electron chi connectivity index (χ3n) is 1.49. The maximum Gasteiger partial charge on any atom is 0.266 e. The van der Waals surface area contributed by atoms with Crippen molar-refractivity contribution in [3.63, 3.8) is 0 Å². The minimum Gasteiger partial charge on any atom is -0.472 e. The summed E-state index contributed by atoms with van der Waals surface area (Å²) in [7, 11) is 0. The van der Waals surface area contributed by atoms with Gasteiger partial charge < -0.3 is 9.40 Å². The molecule has 2 aromatic heterocycles. The van der Waals surface area contributed by atoms with Crippen LogP contribution in [0, 0.1) is 0 Å². The number of nitrogens with zero attached hydrogens (tertiary/aromatic N) is 1. The lowest BCUT2D eigenvalue weighted by molar-refractivity contribution is 0.568. The molecule has 2 heterocycles. The Morgan fingerprint density at radius 3 is 3.00 bits per heavy atom. The molecule has 0 unspecified atom stereocenters. The Labute approximate surface area is 67.9 Å². The van der Waals surface area contributed by atoms with Crippen molar-refractivity contribution in [1.82, 2.24) is 9.97 Å². The predicted molar refractivity (Wildman–Crippen MR) is 42.6 cm³/mol. The number of rotatable bonds is 1. The molecule has 0 spiro atoms. The van der Waals surface area contributed by atoms with Crippen molar-refractivity contribution >= 4 is 0 Å². The summed E-state index contributed by atoms with van der Waals surface area (Å²) < 4.78 is 4.86. The quantitative estimate of drug-likeness (QED) is 0.681.